The number of likely N-dealkylation sites (tertiary alicyclic amines) is 1. The molecule has 0 spiro atoms. The van der Waals surface area contributed by atoms with Crippen LogP contribution in [0.25, 0.3) is 10.9 Å². The molecule has 5 rings (SSSR count). The van der Waals surface area contributed by atoms with Crippen LogP contribution in [0.3, 0.4) is 0 Å². The lowest BCUT2D eigenvalue weighted by Crippen LogP contribution is -2.40. The number of fused-ring (bicyclic) bond motifs is 1. The monoisotopic (exact) mass is 479 g/mol. The van der Waals surface area contributed by atoms with Crippen LogP contribution >= 0.6 is 0 Å². The van der Waals surface area contributed by atoms with Crippen LogP contribution in [0.15, 0.2) is 84.9 Å². The Kier molecular flexibility index (Phi) is 7.82. The average Bonchev–Trinajstić information content (AvgIpc) is 3.25. The minimum Gasteiger partial charge on any atom is -0.356 e. The molecule has 1 fully saturated rings. The Morgan fingerprint density at radius 2 is 1.61 bits per heavy atom. The molecule has 0 bridgehead atoms. The number of carbonyl (C=O) groups excluding carboxylic acids is 1. The van der Waals surface area contributed by atoms with Gasteiger partial charge in [0.25, 0.3) is 0 Å². The number of amides is 1. The van der Waals surface area contributed by atoms with Gasteiger partial charge in [-0.15, -0.1) is 0 Å². The highest BCUT2D eigenvalue weighted by Crippen LogP contribution is 2.25. The molecule has 1 aliphatic rings. The highest BCUT2D eigenvalue weighted by Gasteiger charge is 2.25. The molecule has 1 saturated heterocycles. The van der Waals surface area contributed by atoms with E-state index in [1.54, 1.807) is 0 Å². The molecule has 0 unspecified atom stereocenters. The second kappa shape index (κ2) is 11.6. The predicted molar refractivity (Wildman–Crippen MR) is 148 cm³/mol. The van der Waals surface area contributed by atoms with Crippen molar-refractivity contribution in [2.24, 2.45) is 5.92 Å². The van der Waals surface area contributed by atoms with E-state index >= 15 is 0 Å². The second-order valence-electron chi connectivity index (χ2n) is 10.1. The Bertz CT molecular complexity index is 1290. The number of hydrogen-bond acceptors (Lipinski definition) is 2. The quantitative estimate of drug-likeness (QED) is 0.301. The van der Waals surface area contributed by atoms with Crippen LogP contribution in [0.2, 0.25) is 0 Å². The van der Waals surface area contributed by atoms with Crippen LogP contribution in [-0.4, -0.2) is 35.0 Å². The number of para-hydroxylation sites is 1. The summed E-state index contributed by atoms with van der Waals surface area (Å²) in [6.07, 6.45) is 3.86. The maximum absolute atomic E-state index is 12.7. The molecule has 1 amide bonds. The van der Waals surface area contributed by atoms with Crippen molar-refractivity contribution < 1.29 is 4.79 Å². The second-order valence-corrected chi connectivity index (χ2v) is 10.1. The molecule has 1 aliphatic heterocycles. The van der Waals surface area contributed by atoms with E-state index in [9.17, 15) is 4.79 Å². The highest BCUT2D eigenvalue weighted by atomic mass is 16.1. The zero-order valence-electron chi connectivity index (χ0n) is 21.3. The molecule has 0 atom stereocenters. The molecule has 1 N–H and O–H groups in total. The lowest BCUT2D eigenvalue weighted by molar-refractivity contribution is -0.126. The van der Waals surface area contributed by atoms with Crippen molar-refractivity contribution >= 4 is 16.8 Å². The zero-order chi connectivity index (χ0) is 24.7. The van der Waals surface area contributed by atoms with Crippen molar-refractivity contribution in [2.45, 2.75) is 45.7 Å². The Hall–Kier alpha value is -3.37. The molecule has 4 aromatic rings. The van der Waals surface area contributed by atoms with Crippen molar-refractivity contribution in [3.63, 3.8) is 0 Å². The van der Waals surface area contributed by atoms with Crippen LogP contribution in [0.5, 0.6) is 0 Å². The first-order chi connectivity index (χ1) is 17.7. The molecule has 2 heterocycles. The van der Waals surface area contributed by atoms with Crippen LogP contribution < -0.4 is 5.32 Å². The summed E-state index contributed by atoms with van der Waals surface area (Å²) >= 11 is 0. The zero-order valence-corrected chi connectivity index (χ0v) is 21.3. The molecule has 4 heteroatoms. The molecule has 36 heavy (non-hydrogen) atoms. The summed E-state index contributed by atoms with van der Waals surface area (Å²) < 4.78 is 2.48. The van der Waals surface area contributed by atoms with Gasteiger partial charge in [-0.2, -0.15) is 0 Å². The van der Waals surface area contributed by atoms with E-state index in [0.717, 1.165) is 58.4 Å². The van der Waals surface area contributed by atoms with E-state index in [0.29, 0.717) is 0 Å². The lowest BCUT2D eigenvalue weighted by Gasteiger charge is -2.31. The van der Waals surface area contributed by atoms with Crippen LogP contribution in [0.4, 0.5) is 0 Å². The molecule has 1 aromatic heterocycles. The van der Waals surface area contributed by atoms with Gasteiger partial charge in [0.15, 0.2) is 0 Å². The summed E-state index contributed by atoms with van der Waals surface area (Å²) in [5, 5.41) is 4.48. The first-order valence-electron chi connectivity index (χ1n) is 13.3. The number of nitrogens with one attached hydrogen (secondary N) is 1. The van der Waals surface area contributed by atoms with Gasteiger partial charge in [-0.25, -0.2) is 0 Å². The number of rotatable bonds is 9. The molecule has 0 saturated carbocycles. The summed E-state index contributed by atoms with van der Waals surface area (Å²) in [6, 6.07) is 30.2. The number of aromatic nitrogens is 1. The van der Waals surface area contributed by atoms with Gasteiger partial charge in [-0.05, 0) is 79.9 Å². The first-order valence-corrected chi connectivity index (χ1v) is 13.3. The Morgan fingerprint density at radius 1 is 0.889 bits per heavy atom. The van der Waals surface area contributed by atoms with Gasteiger partial charge < -0.3 is 9.88 Å². The van der Waals surface area contributed by atoms with Gasteiger partial charge in [-0.1, -0.05) is 72.8 Å². The fourth-order valence-corrected chi connectivity index (χ4v) is 5.42. The maximum Gasteiger partial charge on any atom is 0.223 e. The number of hydrogen-bond donors (Lipinski definition) is 1. The van der Waals surface area contributed by atoms with Gasteiger partial charge in [-0.3, -0.25) is 9.69 Å². The SMILES string of the molecule is Cc1ccccc1Cn1c(CN2CCC(C(=O)NCCCc3ccccc3)CC2)cc2ccccc21. The molecular formula is C32H37N3O. The van der Waals surface area contributed by atoms with Crippen LogP contribution in [0, 0.1) is 12.8 Å². The topological polar surface area (TPSA) is 37.3 Å². The van der Waals surface area contributed by atoms with Gasteiger partial charge in [0.05, 0.1) is 0 Å². The fraction of sp³-hybridized carbons (Fsp3) is 0.344. The number of benzene rings is 3. The normalized spacial score (nSPS) is 14.8. The van der Waals surface area contributed by atoms with E-state index in [4.69, 9.17) is 0 Å². The van der Waals surface area contributed by atoms with E-state index in [2.05, 4.69) is 101 Å². The summed E-state index contributed by atoms with van der Waals surface area (Å²) in [4.78, 5) is 15.3. The van der Waals surface area contributed by atoms with E-state index < -0.39 is 0 Å². The van der Waals surface area contributed by atoms with Gasteiger partial charge >= 0.3 is 0 Å². The molecule has 0 aliphatic carbocycles. The summed E-state index contributed by atoms with van der Waals surface area (Å²) in [5.41, 5.74) is 6.67. The Morgan fingerprint density at radius 3 is 2.42 bits per heavy atom. The van der Waals surface area contributed by atoms with E-state index in [1.165, 1.54) is 33.3 Å². The lowest BCUT2D eigenvalue weighted by atomic mass is 9.95. The molecular weight excluding hydrogens is 442 g/mol. The molecule has 0 radical (unpaired) electrons. The van der Waals surface area contributed by atoms with Crippen molar-refractivity contribution in [3.8, 4) is 0 Å². The van der Waals surface area contributed by atoms with E-state index in [1.807, 2.05) is 6.07 Å². The van der Waals surface area contributed by atoms with E-state index in [-0.39, 0.29) is 11.8 Å². The maximum atomic E-state index is 12.7. The average molecular weight is 480 g/mol. The third kappa shape index (κ3) is 5.88. The molecule has 3 aromatic carbocycles. The van der Waals surface area contributed by atoms with Crippen molar-refractivity contribution in [1.82, 2.24) is 14.8 Å². The minimum absolute atomic E-state index is 0.135. The minimum atomic E-state index is 0.135. The first kappa shape index (κ1) is 24.3. The van der Waals surface area contributed by atoms with Crippen molar-refractivity contribution in [1.29, 1.82) is 0 Å². The summed E-state index contributed by atoms with van der Waals surface area (Å²) in [6.45, 7) is 6.69. The Balaban J connectivity index is 1.16. The van der Waals surface area contributed by atoms with Gasteiger partial charge in [0.1, 0.15) is 0 Å². The fourth-order valence-electron chi connectivity index (χ4n) is 5.42. The van der Waals surface area contributed by atoms with Gasteiger partial charge in [0, 0.05) is 36.8 Å². The molecule has 186 valence electrons. The number of carbonyl (C=O) groups is 1. The largest absolute Gasteiger partial charge is 0.356 e. The summed E-state index contributed by atoms with van der Waals surface area (Å²) in [5.74, 6) is 0.368. The van der Waals surface area contributed by atoms with Crippen LogP contribution in [-0.2, 0) is 24.3 Å². The standard InChI is InChI=1S/C32H37N3O/c1-25-10-5-6-15-29(25)23-35-30(22-28-14-7-8-16-31(28)35)24-34-20-17-27(18-21-34)32(36)33-19-9-13-26-11-3-2-4-12-26/h2-8,10-12,14-16,22,27H,9,13,17-21,23-24H2,1H3,(H,33,36). The predicted octanol–water partition coefficient (Wildman–Crippen LogP) is 5.96. The highest BCUT2D eigenvalue weighted by molar-refractivity contribution is 5.81. The molecule has 4 nitrogen and oxygen atoms in total. The number of piperidine rings is 1. The Labute approximate surface area is 214 Å². The third-order valence-electron chi connectivity index (χ3n) is 7.61. The number of nitrogens with zero attached hydrogens (tertiary/aromatic N) is 2. The smallest absolute Gasteiger partial charge is 0.223 e. The van der Waals surface area contributed by atoms with Crippen molar-refractivity contribution in [3.05, 3.63) is 107 Å². The summed E-state index contributed by atoms with van der Waals surface area (Å²) in [7, 11) is 0. The van der Waals surface area contributed by atoms with Crippen molar-refractivity contribution in [2.75, 3.05) is 19.6 Å². The third-order valence-corrected chi connectivity index (χ3v) is 7.61. The van der Waals surface area contributed by atoms with Gasteiger partial charge in [0.2, 0.25) is 5.91 Å². The van der Waals surface area contributed by atoms with Crippen LogP contribution in [0.1, 0.15) is 41.6 Å². The number of aryl methyl sites for hydroxylation is 2.